The number of urea groups is 1. The van der Waals surface area contributed by atoms with Gasteiger partial charge >= 0.3 is 18.2 Å². The Labute approximate surface area is 215 Å². The second-order valence-electron chi connectivity index (χ2n) is 9.78. The number of anilines is 1. The predicted octanol–water partition coefficient (Wildman–Crippen LogP) is 6.09. The molecular formula is C27H35F3N2O5. The summed E-state index contributed by atoms with van der Waals surface area (Å²) in [5.74, 6) is -0.460. The normalized spacial score (nSPS) is 12.6. The maximum absolute atomic E-state index is 12.9. The Hall–Kier alpha value is -3.27. The van der Waals surface area contributed by atoms with Crippen molar-refractivity contribution in [2.24, 2.45) is 5.41 Å². The summed E-state index contributed by atoms with van der Waals surface area (Å²) in [5, 5.41) is 11.9. The van der Waals surface area contributed by atoms with E-state index in [0.717, 1.165) is 17.7 Å². The van der Waals surface area contributed by atoms with Crippen LogP contribution in [0.15, 0.2) is 48.5 Å². The number of ether oxygens (including phenoxy) is 2. The van der Waals surface area contributed by atoms with Gasteiger partial charge in [-0.15, -0.1) is 0 Å². The first-order chi connectivity index (χ1) is 17.3. The monoisotopic (exact) mass is 524 g/mol. The molecule has 0 heterocycles. The van der Waals surface area contributed by atoms with Gasteiger partial charge in [0.2, 0.25) is 0 Å². The van der Waals surface area contributed by atoms with Crippen LogP contribution in [-0.4, -0.2) is 54.4 Å². The zero-order chi connectivity index (χ0) is 27.6. The van der Waals surface area contributed by atoms with Crippen LogP contribution in [0.4, 0.5) is 23.7 Å². The van der Waals surface area contributed by atoms with Crippen molar-refractivity contribution < 1.29 is 37.3 Å². The van der Waals surface area contributed by atoms with Gasteiger partial charge in [-0.05, 0) is 60.7 Å². The molecule has 2 aromatic carbocycles. The zero-order valence-electron chi connectivity index (χ0n) is 21.6. The molecule has 0 aromatic heterocycles. The molecule has 0 aliphatic rings. The zero-order valence-corrected chi connectivity index (χ0v) is 21.6. The van der Waals surface area contributed by atoms with Crippen LogP contribution in [0, 0.1) is 5.41 Å². The summed E-state index contributed by atoms with van der Waals surface area (Å²) < 4.78 is 49.4. The molecule has 7 nitrogen and oxygen atoms in total. The topological polar surface area (TPSA) is 88.1 Å². The third-order valence-corrected chi connectivity index (χ3v) is 5.50. The molecular weight excluding hydrogens is 489 g/mol. The lowest BCUT2D eigenvalue weighted by Gasteiger charge is -2.27. The van der Waals surface area contributed by atoms with E-state index in [1.165, 1.54) is 12.1 Å². The number of hydrogen-bond acceptors (Lipinski definition) is 4. The number of halogens is 3. The highest BCUT2D eigenvalue weighted by atomic mass is 19.4. The standard InChI is InChI=1S/C27H35F3N2O5/c1-5-36-23(24(33)34)18-19-6-12-22(13-7-19)37-17-16-32(15-14-26(2,3)4)25(35)31-21-10-8-20(9-11-21)27(28,29)30/h6-13,23H,5,14-18H2,1-4H3,(H,31,35)(H,33,34). The van der Waals surface area contributed by atoms with E-state index in [1.54, 1.807) is 36.1 Å². The van der Waals surface area contributed by atoms with Crippen LogP contribution >= 0.6 is 0 Å². The van der Waals surface area contributed by atoms with Crippen molar-refractivity contribution in [3.05, 3.63) is 59.7 Å². The van der Waals surface area contributed by atoms with Crippen LogP contribution in [0.1, 0.15) is 45.2 Å². The van der Waals surface area contributed by atoms with E-state index in [4.69, 9.17) is 9.47 Å². The molecule has 204 valence electrons. The van der Waals surface area contributed by atoms with Crippen LogP contribution in [0.2, 0.25) is 0 Å². The minimum Gasteiger partial charge on any atom is -0.492 e. The molecule has 37 heavy (non-hydrogen) atoms. The highest BCUT2D eigenvalue weighted by Gasteiger charge is 2.30. The van der Waals surface area contributed by atoms with E-state index in [0.29, 0.717) is 25.3 Å². The summed E-state index contributed by atoms with van der Waals surface area (Å²) in [6.45, 7) is 9.09. The molecule has 1 atom stereocenters. The smallest absolute Gasteiger partial charge is 0.416 e. The lowest BCUT2D eigenvalue weighted by atomic mass is 9.92. The first-order valence-corrected chi connectivity index (χ1v) is 12.1. The number of rotatable bonds is 12. The third-order valence-electron chi connectivity index (χ3n) is 5.50. The predicted molar refractivity (Wildman–Crippen MR) is 135 cm³/mol. The average molecular weight is 525 g/mol. The number of carboxylic acids is 1. The minimum absolute atomic E-state index is 0.0289. The van der Waals surface area contributed by atoms with Gasteiger partial charge in [0, 0.05) is 25.3 Å². The lowest BCUT2D eigenvalue weighted by Crippen LogP contribution is -2.39. The molecule has 1 unspecified atom stereocenters. The van der Waals surface area contributed by atoms with Gasteiger partial charge in [-0.3, -0.25) is 0 Å². The summed E-state index contributed by atoms with van der Waals surface area (Å²) >= 11 is 0. The largest absolute Gasteiger partial charge is 0.492 e. The maximum Gasteiger partial charge on any atom is 0.416 e. The molecule has 0 fully saturated rings. The Morgan fingerprint density at radius 3 is 2.14 bits per heavy atom. The van der Waals surface area contributed by atoms with Gasteiger partial charge in [0.15, 0.2) is 6.10 Å². The SMILES string of the molecule is CCOC(Cc1ccc(OCCN(CCC(C)(C)C)C(=O)Nc2ccc(C(F)(F)F)cc2)cc1)C(=O)O. The molecule has 0 saturated carbocycles. The van der Waals surface area contributed by atoms with E-state index < -0.39 is 29.8 Å². The number of nitrogens with zero attached hydrogens (tertiary/aromatic N) is 1. The lowest BCUT2D eigenvalue weighted by molar-refractivity contribution is -0.150. The number of benzene rings is 2. The van der Waals surface area contributed by atoms with Gasteiger partial charge in [-0.2, -0.15) is 13.2 Å². The third kappa shape index (κ3) is 10.7. The summed E-state index contributed by atoms with van der Waals surface area (Å²) in [5.41, 5.74) is 0.238. The van der Waals surface area contributed by atoms with Crippen LogP contribution < -0.4 is 10.1 Å². The number of nitrogens with one attached hydrogen (secondary N) is 1. The number of carbonyl (C=O) groups excluding carboxylic acids is 1. The fraction of sp³-hybridized carbons (Fsp3) is 0.481. The van der Waals surface area contributed by atoms with Crippen molar-refractivity contribution in [1.82, 2.24) is 4.90 Å². The van der Waals surface area contributed by atoms with E-state index in [9.17, 15) is 27.9 Å². The van der Waals surface area contributed by atoms with E-state index in [-0.39, 0.29) is 30.7 Å². The first-order valence-electron chi connectivity index (χ1n) is 12.1. The van der Waals surface area contributed by atoms with Crippen molar-refractivity contribution >= 4 is 17.7 Å². The molecule has 10 heteroatoms. The van der Waals surface area contributed by atoms with Gasteiger partial charge in [0.05, 0.1) is 12.1 Å². The molecule has 2 rings (SSSR count). The summed E-state index contributed by atoms with van der Waals surface area (Å²) in [7, 11) is 0. The van der Waals surface area contributed by atoms with Crippen molar-refractivity contribution in [2.75, 3.05) is 31.6 Å². The number of alkyl halides is 3. The number of aliphatic carboxylic acids is 1. The molecule has 0 bridgehead atoms. The molecule has 2 N–H and O–H groups in total. The van der Waals surface area contributed by atoms with Crippen LogP contribution in [0.5, 0.6) is 5.75 Å². The second kappa shape index (κ2) is 13.3. The number of hydrogen-bond donors (Lipinski definition) is 2. The van der Waals surface area contributed by atoms with Crippen molar-refractivity contribution in [3.8, 4) is 5.75 Å². The quantitative estimate of drug-likeness (QED) is 0.351. The van der Waals surface area contributed by atoms with E-state index in [2.05, 4.69) is 26.1 Å². The van der Waals surface area contributed by atoms with Gasteiger partial charge in [-0.25, -0.2) is 9.59 Å². The fourth-order valence-electron chi connectivity index (χ4n) is 3.36. The van der Waals surface area contributed by atoms with Crippen molar-refractivity contribution in [3.63, 3.8) is 0 Å². The highest BCUT2D eigenvalue weighted by molar-refractivity contribution is 5.89. The Morgan fingerprint density at radius 2 is 1.62 bits per heavy atom. The van der Waals surface area contributed by atoms with E-state index >= 15 is 0 Å². The van der Waals surface area contributed by atoms with Crippen LogP contribution in [0.3, 0.4) is 0 Å². The molecule has 0 aliphatic heterocycles. The molecule has 2 aromatic rings. The Balaban J connectivity index is 1.97. The van der Waals surface area contributed by atoms with Gasteiger partial charge in [-0.1, -0.05) is 32.9 Å². The molecule has 0 aliphatic carbocycles. The summed E-state index contributed by atoms with van der Waals surface area (Å²) in [6.07, 6.45) is -4.42. The minimum atomic E-state index is -4.45. The van der Waals surface area contributed by atoms with E-state index in [1.807, 2.05) is 0 Å². The molecule has 0 radical (unpaired) electrons. The van der Waals surface area contributed by atoms with Gasteiger partial charge < -0.3 is 24.8 Å². The number of carboxylic acid groups (broad SMARTS) is 1. The maximum atomic E-state index is 12.9. The van der Waals surface area contributed by atoms with Crippen molar-refractivity contribution in [1.29, 1.82) is 0 Å². The number of carbonyl (C=O) groups is 2. The summed E-state index contributed by atoms with van der Waals surface area (Å²) in [6, 6.07) is 10.8. The van der Waals surface area contributed by atoms with Crippen LogP contribution in [-0.2, 0) is 22.1 Å². The van der Waals surface area contributed by atoms with Gasteiger partial charge in [0.25, 0.3) is 0 Å². The average Bonchev–Trinajstić information content (AvgIpc) is 2.81. The van der Waals surface area contributed by atoms with Gasteiger partial charge in [0.1, 0.15) is 12.4 Å². The number of amides is 2. The van der Waals surface area contributed by atoms with Crippen molar-refractivity contribution in [2.45, 2.75) is 52.8 Å². The molecule has 2 amide bonds. The first kappa shape index (κ1) is 30.0. The Bertz CT molecular complexity index is 1000. The Kier molecular flexibility index (Phi) is 10.8. The highest BCUT2D eigenvalue weighted by Crippen LogP contribution is 2.30. The second-order valence-corrected chi connectivity index (χ2v) is 9.78. The molecule has 0 spiro atoms. The Morgan fingerprint density at radius 1 is 1.00 bits per heavy atom. The van der Waals surface area contributed by atoms with Crippen LogP contribution in [0.25, 0.3) is 0 Å². The fourth-order valence-corrected chi connectivity index (χ4v) is 3.36. The summed E-state index contributed by atoms with van der Waals surface area (Å²) in [4.78, 5) is 25.7. The molecule has 0 saturated heterocycles.